The average Bonchev–Trinajstić information content (AvgIpc) is 2.33. The number of terminal acetylenes is 2. The van der Waals surface area contributed by atoms with Crippen molar-refractivity contribution in [3.63, 3.8) is 0 Å². The van der Waals surface area contributed by atoms with Gasteiger partial charge in [0.1, 0.15) is 6.61 Å². The van der Waals surface area contributed by atoms with E-state index in [1.54, 1.807) is 32.9 Å². The molecule has 0 amide bonds. The van der Waals surface area contributed by atoms with Crippen LogP contribution in [0.5, 0.6) is 0 Å². The number of ether oxygens (including phenoxy) is 1. The molecule has 0 aliphatic heterocycles. The van der Waals surface area contributed by atoms with Crippen molar-refractivity contribution >= 4 is 5.97 Å². The highest BCUT2D eigenvalue weighted by Gasteiger charge is 2.23. The summed E-state index contributed by atoms with van der Waals surface area (Å²) in [6.07, 6.45) is 10.8. The molecule has 0 heterocycles. The maximum absolute atomic E-state index is 11.7. The van der Waals surface area contributed by atoms with Crippen LogP contribution >= 0.6 is 0 Å². The highest BCUT2D eigenvalue weighted by atomic mass is 16.5. The lowest BCUT2D eigenvalue weighted by Gasteiger charge is -2.17. The van der Waals surface area contributed by atoms with Crippen molar-refractivity contribution in [2.24, 2.45) is 5.41 Å². The Balaban J connectivity index is 2.91. The Hall–Kier alpha value is -2.19. The van der Waals surface area contributed by atoms with Crippen molar-refractivity contribution in [2.45, 2.75) is 27.4 Å². The summed E-state index contributed by atoms with van der Waals surface area (Å²) in [6.45, 7) is 5.55. The first kappa shape index (κ1) is 13.9. The number of rotatable bonds is 2. The SMILES string of the molecule is C#Cc1cccc(COC(=O)C(C)(C)C)c1C#C. The fourth-order valence-corrected chi connectivity index (χ4v) is 1.37. The molecular formula is C16H16O2. The van der Waals surface area contributed by atoms with Crippen molar-refractivity contribution < 1.29 is 9.53 Å². The maximum atomic E-state index is 11.7. The van der Waals surface area contributed by atoms with Crippen LogP contribution in [-0.4, -0.2) is 5.97 Å². The molecule has 0 aliphatic rings. The second kappa shape index (κ2) is 5.43. The van der Waals surface area contributed by atoms with E-state index >= 15 is 0 Å². The van der Waals surface area contributed by atoms with Gasteiger partial charge in [0.2, 0.25) is 0 Å². The largest absolute Gasteiger partial charge is 0.460 e. The Bertz CT molecular complexity index is 534. The minimum Gasteiger partial charge on any atom is -0.460 e. The van der Waals surface area contributed by atoms with Crippen LogP contribution in [0.2, 0.25) is 0 Å². The van der Waals surface area contributed by atoms with E-state index < -0.39 is 5.41 Å². The summed E-state index contributed by atoms with van der Waals surface area (Å²) in [5.74, 6) is 4.80. The van der Waals surface area contributed by atoms with Gasteiger partial charge in [0, 0.05) is 16.7 Å². The van der Waals surface area contributed by atoms with Crippen molar-refractivity contribution in [3.8, 4) is 24.7 Å². The molecule has 0 saturated heterocycles. The van der Waals surface area contributed by atoms with E-state index in [1.807, 2.05) is 6.07 Å². The van der Waals surface area contributed by atoms with Crippen LogP contribution in [0.3, 0.4) is 0 Å². The Kier molecular flexibility index (Phi) is 4.18. The van der Waals surface area contributed by atoms with Gasteiger partial charge in [-0.15, -0.1) is 12.8 Å². The number of esters is 1. The van der Waals surface area contributed by atoms with Crippen LogP contribution in [0.25, 0.3) is 0 Å². The van der Waals surface area contributed by atoms with E-state index in [4.69, 9.17) is 17.6 Å². The van der Waals surface area contributed by atoms with Gasteiger partial charge in [-0.1, -0.05) is 24.0 Å². The maximum Gasteiger partial charge on any atom is 0.311 e. The van der Waals surface area contributed by atoms with Crippen LogP contribution in [0.1, 0.15) is 37.5 Å². The molecule has 0 fully saturated rings. The number of benzene rings is 1. The quantitative estimate of drug-likeness (QED) is 0.587. The topological polar surface area (TPSA) is 26.3 Å². The molecule has 0 saturated carbocycles. The van der Waals surface area contributed by atoms with Crippen LogP contribution < -0.4 is 0 Å². The van der Waals surface area contributed by atoms with E-state index in [9.17, 15) is 4.79 Å². The van der Waals surface area contributed by atoms with Crippen molar-refractivity contribution in [3.05, 3.63) is 34.9 Å². The minimum absolute atomic E-state index is 0.144. The summed E-state index contributed by atoms with van der Waals surface area (Å²) in [6, 6.07) is 5.38. The Morgan fingerprint density at radius 2 is 1.94 bits per heavy atom. The third-order valence-corrected chi connectivity index (χ3v) is 2.42. The highest BCUT2D eigenvalue weighted by molar-refractivity contribution is 5.75. The number of carbonyl (C=O) groups excluding carboxylic acids is 1. The molecule has 18 heavy (non-hydrogen) atoms. The highest BCUT2D eigenvalue weighted by Crippen LogP contribution is 2.19. The van der Waals surface area contributed by atoms with Crippen LogP contribution in [0.4, 0.5) is 0 Å². The van der Waals surface area contributed by atoms with E-state index in [0.717, 1.165) is 5.56 Å². The van der Waals surface area contributed by atoms with Crippen LogP contribution in [-0.2, 0) is 16.1 Å². The molecule has 0 N–H and O–H groups in total. The summed E-state index contributed by atoms with van der Waals surface area (Å²) >= 11 is 0. The molecule has 2 nitrogen and oxygen atoms in total. The van der Waals surface area contributed by atoms with Gasteiger partial charge in [0.25, 0.3) is 0 Å². The molecule has 1 aromatic rings. The molecule has 0 aromatic heterocycles. The zero-order chi connectivity index (χ0) is 13.8. The molecule has 1 rings (SSSR count). The number of hydrogen-bond acceptors (Lipinski definition) is 2. The van der Waals surface area contributed by atoms with Crippen molar-refractivity contribution in [1.82, 2.24) is 0 Å². The van der Waals surface area contributed by atoms with Crippen LogP contribution in [0, 0.1) is 30.1 Å². The van der Waals surface area contributed by atoms with E-state index in [1.165, 1.54) is 0 Å². The first-order valence-corrected chi connectivity index (χ1v) is 5.62. The van der Waals surface area contributed by atoms with Gasteiger partial charge < -0.3 is 4.74 Å². The van der Waals surface area contributed by atoms with Crippen molar-refractivity contribution in [2.75, 3.05) is 0 Å². The van der Waals surface area contributed by atoms with Gasteiger partial charge in [-0.3, -0.25) is 4.79 Å². The second-order valence-electron chi connectivity index (χ2n) is 4.95. The Morgan fingerprint density at radius 1 is 1.28 bits per heavy atom. The molecule has 0 bridgehead atoms. The van der Waals surface area contributed by atoms with Gasteiger partial charge in [-0.2, -0.15) is 0 Å². The summed E-state index contributed by atoms with van der Waals surface area (Å²) in [7, 11) is 0. The van der Waals surface area contributed by atoms with Gasteiger partial charge >= 0.3 is 5.97 Å². The number of hydrogen-bond donors (Lipinski definition) is 0. The minimum atomic E-state index is -0.528. The second-order valence-corrected chi connectivity index (χ2v) is 4.95. The van der Waals surface area contributed by atoms with Crippen molar-refractivity contribution in [1.29, 1.82) is 0 Å². The lowest BCUT2D eigenvalue weighted by atomic mass is 9.97. The predicted molar refractivity (Wildman–Crippen MR) is 71.6 cm³/mol. The Morgan fingerprint density at radius 3 is 2.44 bits per heavy atom. The van der Waals surface area contributed by atoms with Crippen LogP contribution in [0.15, 0.2) is 18.2 Å². The molecule has 92 valence electrons. The number of carbonyl (C=O) groups is 1. The van der Waals surface area contributed by atoms with Gasteiger partial charge in [0.05, 0.1) is 5.41 Å². The standard InChI is InChI=1S/C16H16O2/c1-6-12-9-8-10-13(14(12)7-2)11-18-15(17)16(3,4)5/h1-2,8-10H,11H2,3-5H3. The fraction of sp³-hybridized carbons (Fsp3) is 0.312. The molecule has 0 unspecified atom stereocenters. The molecule has 0 spiro atoms. The summed E-state index contributed by atoms with van der Waals surface area (Å²) < 4.78 is 5.23. The summed E-state index contributed by atoms with van der Waals surface area (Å²) in [4.78, 5) is 11.7. The van der Waals surface area contributed by atoms with E-state index in [-0.39, 0.29) is 12.6 Å². The normalized spacial score (nSPS) is 10.3. The summed E-state index contributed by atoms with van der Waals surface area (Å²) in [5, 5.41) is 0. The lowest BCUT2D eigenvalue weighted by molar-refractivity contribution is -0.154. The summed E-state index contributed by atoms with van der Waals surface area (Å²) in [5.41, 5.74) is 1.48. The lowest BCUT2D eigenvalue weighted by Crippen LogP contribution is -2.22. The third-order valence-electron chi connectivity index (χ3n) is 2.42. The average molecular weight is 240 g/mol. The molecule has 0 atom stereocenters. The first-order chi connectivity index (χ1) is 8.40. The fourth-order valence-electron chi connectivity index (χ4n) is 1.37. The van der Waals surface area contributed by atoms with Gasteiger partial charge in [-0.25, -0.2) is 0 Å². The zero-order valence-corrected chi connectivity index (χ0v) is 10.9. The first-order valence-electron chi connectivity index (χ1n) is 5.62. The molecule has 0 radical (unpaired) electrons. The van der Waals surface area contributed by atoms with Gasteiger partial charge in [-0.05, 0) is 26.8 Å². The molecule has 1 aromatic carbocycles. The zero-order valence-electron chi connectivity index (χ0n) is 10.9. The third kappa shape index (κ3) is 3.15. The monoisotopic (exact) mass is 240 g/mol. The van der Waals surface area contributed by atoms with E-state index in [2.05, 4.69) is 11.8 Å². The van der Waals surface area contributed by atoms with Gasteiger partial charge in [0.15, 0.2) is 0 Å². The molecule has 0 aliphatic carbocycles. The van der Waals surface area contributed by atoms with E-state index in [0.29, 0.717) is 11.1 Å². The smallest absolute Gasteiger partial charge is 0.311 e. The Labute approximate surface area is 108 Å². The molecule has 2 heteroatoms. The predicted octanol–water partition coefficient (Wildman–Crippen LogP) is 2.74. The molecular weight excluding hydrogens is 224 g/mol.